The first-order valence-corrected chi connectivity index (χ1v) is 10.3. The normalized spacial score (nSPS) is 25.4. The minimum absolute atomic E-state index is 0.0836. The molecule has 1 N–H and O–H groups in total. The first-order valence-electron chi connectivity index (χ1n) is 10.3. The standard InChI is InChI=1S/C22H26N4O2/c27-20-8-11-22(15-26(20)18-6-7-18)10-1-13-25(14-22)21(28)17-4-2-16(3-5-17)19-9-12-23-24-19/h2-5,9,12,18H,1,6-8,10-11,13-15H2,(H,23,24). The van der Waals surface area contributed by atoms with Gasteiger partial charge >= 0.3 is 0 Å². The SMILES string of the molecule is O=C(c1ccc(-c2ccn[nH]2)cc1)N1CCCC2(CCC(=O)N(C3CC3)C2)C1. The zero-order valence-electron chi connectivity index (χ0n) is 16.1. The van der Waals surface area contributed by atoms with Crippen LogP contribution in [0.25, 0.3) is 11.3 Å². The molecular weight excluding hydrogens is 352 g/mol. The third kappa shape index (κ3) is 3.21. The second-order valence-electron chi connectivity index (χ2n) is 8.63. The van der Waals surface area contributed by atoms with Gasteiger partial charge in [-0.1, -0.05) is 12.1 Å². The number of benzene rings is 1. The highest BCUT2D eigenvalue weighted by Gasteiger charge is 2.46. The molecule has 1 aromatic heterocycles. The molecular formula is C22H26N4O2. The van der Waals surface area contributed by atoms with Crippen molar-refractivity contribution in [3.05, 3.63) is 42.1 Å². The van der Waals surface area contributed by atoms with Gasteiger partial charge in [0.05, 0.1) is 5.69 Å². The Morgan fingerprint density at radius 1 is 1.11 bits per heavy atom. The molecule has 2 saturated heterocycles. The molecule has 1 aliphatic carbocycles. The smallest absolute Gasteiger partial charge is 0.253 e. The summed E-state index contributed by atoms with van der Waals surface area (Å²) in [6, 6.07) is 10.1. The van der Waals surface area contributed by atoms with Crippen LogP contribution in [0.4, 0.5) is 0 Å². The van der Waals surface area contributed by atoms with Crippen LogP contribution in [-0.2, 0) is 4.79 Å². The Hall–Kier alpha value is -2.63. The molecule has 0 bridgehead atoms. The zero-order valence-corrected chi connectivity index (χ0v) is 16.1. The van der Waals surface area contributed by atoms with Gasteiger partial charge in [0.1, 0.15) is 0 Å². The lowest BCUT2D eigenvalue weighted by Gasteiger charge is -2.48. The maximum Gasteiger partial charge on any atom is 0.253 e. The van der Waals surface area contributed by atoms with Gasteiger partial charge in [0.15, 0.2) is 0 Å². The topological polar surface area (TPSA) is 69.3 Å². The Morgan fingerprint density at radius 3 is 2.64 bits per heavy atom. The number of aromatic amines is 1. The number of hydrogen-bond donors (Lipinski definition) is 1. The minimum atomic E-state index is 0.0836. The van der Waals surface area contributed by atoms with Gasteiger partial charge in [-0.15, -0.1) is 0 Å². The zero-order chi connectivity index (χ0) is 19.1. The predicted octanol–water partition coefficient (Wildman–Crippen LogP) is 3.08. The van der Waals surface area contributed by atoms with E-state index in [0.29, 0.717) is 18.4 Å². The van der Waals surface area contributed by atoms with E-state index in [1.54, 1.807) is 6.20 Å². The molecule has 1 spiro atoms. The largest absolute Gasteiger partial charge is 0.339 e. The van der Waals surface area contributed by atoms with Crippen molar-refractivity contribution in [2.24, 2.45) is 5.41 Å². The molecule has 28 heavy (non-hydrogen) atoms. The average molecular weight is 378 g/mol. The van der Waals surface area contributed by atoms with E-state index < -0.39 is 0 Å². The number of likely N-dealkylation sites (tertiary alicyclic amines) is 2. The van der Waals surface area contributed by atoms with Gasteiger partial charge in [-0.25, -0.2) is 0 Å². The molecule has 6 heteroatoms. The first kappa shape index (κ1) is 17.5. The van der Waals surface area contributed by atoms with E-state index in [0.717, 1.165) is 68.6 Å². The van der Waals surface area contributed by atoms with Gasteiger partial charge < -0.3 is 9.80 Å². The molecule has 3 fully saturated rings. The number of carbonyl (C=O) groups excluding carboxylic acids is 2. The summed E-state index contributed by atoms with van der Waals surface area (Å²) < 4.78 is 0. The fourth-order valence-electron chi connectivity index (χ4n) is 4.87. The van der Waals surface area contributed by atoms with Crippen molar-refractivity contribution in [3.8, 4) is 11.3 Å². The Balaban J connectivity index is 1.30. The fourth-order valence-corrected chi connectivity index (χ4v) is 4.87. The Kier molecular flexibility index (Phi) is 4.22. The Labute approximate surface area is 164 Å². The molecule has 1 aromatic carbocycles. The molecule has 3 heterocycles. The van der Waals surface area contributed by atoms with Crippen LogP contribution in [-0.4, -0.2) is 57.5 Å². The Morgan fingerprint density at radius 2 is 1.93 bits per heavy atom. The number of nitrogens with one attached hydrogen (secondary N) is 1. The summed E-state index contributed by atoms with van der Waals surface area (Å²) in [5, 5.41) is 6.93. The van der Waals surface area contributed by atoms with Crippen molar-refractivity contribution < 1.29 is 9.59 Å². The number of aromatic nitrogens is 2. The lowest BCUT2D eigenvalue weighted by Crippen LogP contribution is -2.55. The highest BCUT2D eigenvalue weighted by Crippen LogP contribution is 2.42. The van der Waals surface area contributed by atoms with Crippen molar-refractivity contribution in [1.82, 2.24) is 20.0 Å². The van der Waals surface area contributed by atoms with Crippen LogP contribution in [0, 0.1) is 5.41 Å². The summed E-state index contributed by atoms with van der Waals surface area (Å²) in [7, 11) is 0. The van der Waals surface area contributed by atoms with Crippen LogP contribution >= 0.6 is 0 Å². The number of hydrogen-bond acceptors (Lipinski definition) is 3. The molecule has 2 amide bonds. The number of piperidine rings is 2. The van der Waals surface area contributed by atoms with Crippen molar-refractivity contribution in [2.75, 3.05) is 19.6 Å². The average Bonchev–Trinajstić information content (AvgIpc) is 3.43. The van der Waals surface area contributed by atoms with Gasteiger partial charge in [-0.3, -0.25) is 14.7 Å². The molecule has 3 aliphatic rings. The number of carbonyl (C=O) groups is 2. The van der Waals surface area contributed by atoms with Crippen LogP contribution in [0.1, 0.15) is 48.9 Å². The van der Waals surface area contributed by atoms with E-state index in [-0.39, 0.29) is 11.3 Å². The third-order valence-electron chi connectivity index (χ3n) is 6.58. The van der Waals surface area contributed by atoms with Crippen LogP contribution in [0.2, 0.25) is 0 Å². The number of H-pyrrole nitrogens is 1. The summed E-state index contributed by atoms with van der Waals surface area (Å²) in [5.74, 6) is 0.413. The monoisotopic (exact) mass is 378 g/mol. The molecule has 2 aromatic rings. The summed E-state index contributed by atoms with van der Waals surface area (Å²) >= 11 is 0. The number of rotatable bonds is 3. The molecule has 6 nitrogen and oxygen atoms in total. The number of nitrogens with zero attached hydrogens (tertiary/aromatic N) is 3. The summed E-state index contributed by atoms with van der Waals surface area (Å²) in [4.78, 5) is 29.6. The van der Waals surface area contributed by atoms with Crippen molar-refractivity contribution in [2.45, 2.75) is 44.6 Å². The fraction of sp³-hybridized carbons (Fsp3) is 0.500. The van der Waals surface area contributed by atoms with E-state index >= 15 is 0 Å². The summed E-state index contributed by atoms with van der Waals surface area (Å²) in [5.41, 5.74) is 2.78. The maximum atomic E-state index is 13.1. The minimum Gasteiger partial charge on any atom is -0.339 e. The summed E-state index contributed by atoms with van der Waals surface area (Å²) in [6.07, 6.45) is 7.70. The molecule has 146 valence electrons. The lowest BCUT2D eigenvalue weighted by atomic mass is 9.73. The molecule has 1 atom stereocenters. The molecule has 1 unspecified atom stereocenters. The third-order valence-corrected chi connectivity index (χ3v) is 6.58. The van der Waals surface area contributed by atoms with Gasteiger partial charge in [-0.2, -0.15) is 5.10 Å². The van der Waals surface area contributed by atoms with Gasteiger partial charge in [0.2, 0.25) is 5.91 Å². The van der Waals surface area contributed by atoms with Crippen LogP contribution < -0.4 is 0 Å². The van der Waals surface area contributed by atoms with Crippen molar-refractivity contribution in [1.29, 1.82) is 0 Å². The van der Waals surface area contributed by atoms with Crippen molar-refractivity contribution in [3.63, 3.8) is 0 Å². The Bertz CT molecular complexity index is 872. The van der Waals surface area contributed by atoms with Gasteiger partial charge in [0.25, 0.3) is 5.91 Å². The summed E-state index contributed by atoms with van der Waals surface area (Å²) in [6.45, 7) is 2.41. The molecule has 5 rings (SSSR count). The lowest BCUT2D eigenvalue weighted by molar-refractivity contribution is -0.139. The van der Waals surface area contributed by atoms with Crippen molar-refractivity contribution >= 4 is 11.8 Å². The van der Waals surface area contributed by atoms with E-state index in [1.165, 1.54) is 0 Å². The number of amides is 2. The predicted molar refractivity (Wildman–Crippen MR) is 106 cm³/mol. The van der Waals surface area contributed by atoms with Crippen LogP contribution in [0.5, 0.6) is 0 Å². The second-order valence-corrected chi connectivity index (χ2v) is 8.63. The quantitative estimate of drug-likeness (QED) is 0.892. The molecule has 0 radical (unpaired) electrons. The highest BCUT2D eigenvalue weighted by atomic mass is 16.2. The van der Waals surface area contributed by atoms with Gasteiger partial charge in [-0.05, 0) is 55.9 Å². The van der Waals surface area contributed by atoms with E-state index in [1.807, 2.05) is 35.2 Å². The van der Waals surface area contributed by atoms with E-state index in [9.17, 15) is 9.59 Å². The molecule has 1 saturated carbocycles. The second kappa shape index (κ2) is 6.76. The molecule has 2 aliphatic heterocycles. The van der Waals surface area contributed by atoms with Crippen LogP contribution in [0.3, 0.4) is 0 Å². The van der Waals surface area contributed by atoms with E-state index in [2.05, 4.69) is 15.1 Å². The first-order chi connectivity index (χ1) is 13.6. The highest BCUT2D eigenvalue weighted by molar-refractivity contribution is 5.94. The maximum absolute atomic E-state index is 13.1. The van der Waals surface area contributed by atoms with Crippen LogP contribution in [0.15, 0.2) is 36.5 Å². The van der Waals surface area contributed by atoms with E-state index in [4.69, 9.17) is 0 Å². The van der Waals surface area contributed by atoms with Gasteiger partial charge in [0, 0.05) is 49.3 Å².